The zero-order chi connectivity index (χ0) is 18.3. The number of hydrogen-bond donors (Lipinski definition) is 0. The van der Waals surface area contributed by atoms with Crippen molar-refractivity contribution in [1.29, 1.82) is 0 Å². The Labute approximate surface area is 151 Å². The average molecular weight is 339 g/mol. The molecule has 2 rings (SSSR count). The Morgan fingerprint density at radius 1 is 0.920 bits per heavy atom. The molecule has 0 aromatic heterocycles. The summed E-state index contributed by atoms with van der Waals surface area (Å²) in [7, 11) is 0. The Morgan fingerprint density at radius 2 is 1.36 bits per heavy atom. The van der Waals surface area contributed by atoms with Gasteiger partial charge in [0, 0.05) is 13.1 Å². The third-order valence-corrected chi connectivity index (χ3v) is 4.15. The van der Waals surface area contributed by atoms with Crippen LogP contribution in [0.3, 0.4) is 0 Å². The third-order valence-electron chi connectivity index (χ3n) is 4.15. The van der Waals surface area contributed by atoms with Crippen LogP contribution in [-0.4, -0.2) is 23.5 Å². The molecular weight excluding hydrogens is 310 g/mol. The fourth-order valence-electron chi connectivity index (χ4n) is 3.15. The van der Waals surface area contributed by atoms with Crippen molar-refractivity contribution in [2.45, 2.75) is 46.8 Å². The Morgan fingerprint density at radius 3 is 1.72 bits per heavy atom. The molecular formula is C22H29NO2. The summed E-state index contributed by atoms with van der Waals surface area (Å²) in [5.74, 6) is -0.151. The molecule has 0 heterocycles. The maximum absolute atomic E-state index is 12.7. The summed E-state index contributed by atoms with van der Waals surface area (Å²) in [6.45, 7) is 9.95. The highest BCUT2D eigenvalue weighted by Gasteiger charge is 2.37. The highest BCUT2D eigenvalue weighted by Crippen LogP contribution is 2.28. The van der Waals surface area contributed by atoms with Crippen LogP contribution in [-0.2, 0) is 22.6 Å². The molecule has 0 amide bonds. The monoisotopic (exact) mass is 339 g/mol. The molecule has 1 unspecified atom stereocenters. The molecule has 3 nitrogen and oxygen atoms in total. The van der Waals surface area contributed by atoms with Crippen LogP contribution in [0.5, 0.6) is 0 Å². The van der Waals surface area contributed by atoms with Crippen LogP contribution in [0.15, 0.2) is 60.7 Å². The van der Waals surface area contributed by atoms with Gasteiger partial charge in [0.2, 0.25) is 0 Å². The second-order valence-electron chi connectivity index (χ2n) is 7.40. The van der Waals surface area contributed by atoms with E-state index in [2.05, 4.69) is 49.9 Å². The lowest BCUT2D eigenvalue weighted by molar-refractivity contribution is -0.154. The van der Waals surface area contributed by atoms with E-state index in [-0.39, 0.29) is 17.4 Å². The lowest BCUT2D eigenvalue weighted by atomic mass is 9.85. The van der Waals surface area contributed by atoms with Crippen LogP contribution in [0.1, 0.15) is 38.8 Å². The molecule has 0 fully saturated rings. The number of rotatable bonds is 7. The van der Waals surface area contributed by atoms with Crippen LogP contribution in [0.4, 0.5) is 0 Å². The van der Waals surface area contributed by atoms with E-state index in [4.69, 9.17) is 4.74 Å². The van der Waals surface area contributed by atoms with Gasteiger partial charge in [0.25, 0.3) is 0 Å². The number of carbonyl (C=O) groups excluding carboxylic acids is 1. The standard InChI is InChI=1S/C22H29NO2/c1-5-25-21(24)20(22(2,3)4)23(16-18-12-8-6-9-13-18)17-19-14-10-7-11-15-19/h6-15,20H,5,16-17H2,1-4H3. The molecule has 0 saturated carbocycles. The van der Waals surface area contributed by atoms with Gasteiger partial charge in [-0.25, -0.2) is 0 Å². The van der Waals surface area contributed by atoms with Crippen molar-refractivity contribution in [3.63, 3.8) is 0 Å². The van der Waals surface area contributed by atoms with Crippen LogP contribution in [0.25, 0.3) is 0 Å². The summed E-state index contributed by atoms with van der Waals surface area (Å²) < 4.78 is 5.41. The van der Waals surface area contributed by atoms with Gasteiger partial charge in [-0.15, -0.1) is 0 Å². The SMILES string of the molecule is CCOC(=O)C(N(Cc1ccccc1)Cc1ccccc1)C(C)(C)C. The van der Waals surface area contributed by atoms with Crippen LogP contribution >= 0.6 is 0 Å². The second-order valence-corrected chi connectivity index (χ2v) is 7.40. The zero-order valence-electron chi connectivity index (χ0n) is 15.7. The molecule has 134 valence electrons. The molecule has 0 bridgehead atoms. The molecule has 2 aromatic rings. The molecule has 0 aliphatic rings. The highest BCUT2D eigenvalue weighted by atomic mass is 16.5. The maximum atomic E-state index is 12.7. The highest BCUT2D eigenvalue weighted by molar-refractivity contribution is 5.76. The Hall–Kier alpha value is -2.13. The van der Waals surface area contributed by atoms with E-state index in [0.29, 0.717) is 19.7 Å². The molecule has 0 aliphatic carbocycles. The van der Waals surface area contributed by atoms with E-state index < -0.39 is 0 Å². The predicted octanol–water partition coefficient (Wildman–Crippen LogP) is 4.67. The van der Waals surface area contributed by atoms with E-state index in [0.717, 1.165) is 0 Å². The van der Waals surface area contributed by atoms with Gasteiger partial charge in [0.05, 0.1) is 6.61 Å². The fraction of sp³-hybridized carbons (Fsp3) is 0.409. The quantitative estimate of drug-likeness (QED) is 0.687. The number of carbonyl (C=O) groups is 1. The number of benzene rings is 2. The van der Waals surface area contributed by atoms with Gasteiger partial charge in [0.15, 0.2) is 0 Å². The molecule has 2 aromatic carbocycles. The fourth-order valence-corrected chi connectivity index (χ4v) is 3.15. The summed E-state index contributed by atoms with van der Waals surface area (Å²) in [5, 5.41) is 0. The molecule has 0 aliphatic heterocycles. The molecule has 25 heavy (non-hydrogen) atoms. The van der Waals surface area contributed by atoms with Gasteiger partial charge in [-0.1, -0.05) is 81.4 Å². The van der Waals surface area contributed by atoms with Gasteiger partial charge < -0.3 is 4.74 Å². The van der Waals surface area contributed by atoms with Crippen molar-refractivity contribution in [2.75, 3.05) is 6.61 Å². The first-order valence-electron chi connectivity index (χ1n) is 8.90. The minimum Gasteiger partial charge on any atom is -0.465 e. The van der Waals surface area contributed by atoms with E-state index >= 15 is 0 Å². The number of nitrogens with zero attached hydrogens (tertiary/aromatic N) is 1. The minimum atomic E-state index is -0.312. The van der Waals surface area contributed by atoms with Crippen LogP contribution in [0, 0.1) is 5.41 Å². The van der Waals surface area contributed by atoms with Gasteiger partial charge in [0.1, 0.15) is 6.04 Å². The van der Waals surface area contributed by atoms with Gasteiger partial charge in [-0.2, -0.15) is 0 Å². The summed E-state index contributed by atoms with van der Waals surface area (Å²) in [4.78, 5) is 15.0. The predicted molar refractivity (Wildman–Crippen MR) is 102 cm³/mol. The Bertz CT molecular complexity index is 605. The smallest absolute Gasteiger partial charge is 0.323 e. The number of esters is 1. The average Bonchev–Trinajstić information content (AvgIpc) is 2.55. The molecule has 1 atom stereocenters. The van der Waals surface area contributed by atoms with Gasteiger partial charge in [-0.3, -0.25) is 9.69 Å². The van der Waals surface area contributed by atoms with Crippen LogP contribution in [0.2, 0.25) is 0 Å². The van der Waals surface area contributed by atoms with E-state index in [1.807, 2.05) is 43.3 Å². The lowest BCUT2D eigenvalue weighted by Gasteiger charge is -2.38. The normalized spacial score (nSPS) is 12.8. The van der Waals surface area contributed by atoms with Crippen molar-refractivity contribution in [3.05, 3.63) is 71.8 Å². The third kappa shape index (κ3) is 5.71. The maximum Gasteiger partial charge on any atom is 0.323 e. The molecule has 0 saturated heterocycles. The first kappa shape index (κ1) is 19.2. The first-order valence-corrected chi connectivity index (χ1v) is 8.90. The summed E-state index contributed by atoms with van der Waals surface area (Å²) in [6.07, 6.45) is 0. The Balaban J connectivity index is 2.34. The van der Waals surface area contributed by atoms with E-state index in [1.54, 1.807) is 0 Å². The second kappa shape index (κ2) is 8.82. The summed E-state index contributed by atoms with van der Waals surface area (Å²) in [6, 6.07) is 20.2. The van der Waals surface area contributed by atoms with E-state index in [9.17, 15) is 4.79 Å². The van der Waals surface area contributed by atoms with Crippen molar-refractivity contribution in [3.8, 4) is 0 Å². The van der Waals surface area contributed by atoms with Gasteiger partial charge >= 0.3 is 5.97 Å². The molecule has 3 heteroatoms. The van der Waals surface area contributed by atoms with Crippen LogP contribution < -0.4 is 0 Å². The summed E-state index contributed by atoms with van der Waals surface area (Å²) >= 11 is 0. The van der Waals surface area contributed by atoms with Crippen molar-refractivity contribution >= 4 is 5.97 Å². The van der Waals surface area contributed by atoms with Crippen molar-refractivity contribution in [2.24, 2.45) is 5.41 Å². The largest absolute Gasteiger partial charge is 0.465 e. The zero-order valence-corrected chi connectivity index (χ0v) is 15.7. The lowest BCUT2D eigenvalue weighted by Crippen LogP contribution is -2.49. The first-order chi connectivity index (χ1) is 11.9. The summed E-state index contributed by atoms with van der Waals surface area (Å²) in [5.41, 5.74) is 2.16. The molecule has 0 N–H and O–H groups in total. The number of ether oxygens (including phenoxy) is 1. The Kier molecular flexibility index (Phi) is 6.77. The number of hydrogen-bond acceptors (Lipinski definition) is 3. The van der Waals surface area contributed by atoms with Gasteiger partial charge in [-0.05, 0) is 23.5 Å². The van der Waals surface area contributed by atoms with Crippen molar-refractivity contribution < 1.29 is 9.53 Å². The minimum absolute atomic E-state index is 0.151. The van der Waals surface area contributed by atoms with Crippen molar-refractivity contribution in [1.82, 2.24) is 4.90 Å². The van der Waals surface area contributed by atoms with E-state index in [1.165, 1.54) is 11.1 Å². The molecule has 0 radical (unpaired) electrons. The molecule has 0 spiro atoms. The topological polar surface area (TPSA) is 29.5 Å².